The van der Waals surface area contributed by atoms with Gasteiger partial charge in [0.2, 0.25) is 0 Å². The number of nitrogens with zero attached hydrogens (tertiary/aromatic N) is 1. The number of piperidine rings is 1. The van der Waals surface area contributed by atoms with Crippen LogP contribution in [0, 0.1) is 0 Å². The number of carbonyl (C=O) groups excluding carboxylic acids is 1. The number of hydrogen-bond acceptors (Lipinski definition) is 3. The van der Waals surface area contributed by atoms with E-state index in [1.807, 2.05) is 12.1 Å². The van der Waals surface area contributed by atoms with E-state index in [1.165, 1.54) is 5.56 Å². The zero-order valence-corrected chi connectivity index (χ0v) is 17.6. The summed E-state index contributed by atoms with van der Waals surface area (Å²) < 4.78 is 0. The summed E-state index contributed by atoms with van der Waals surface area (Å²) in [5.41, 5.74) is 2.10. The lowest BCUT2D eigenvalue weighted by atomic mass is 9.87. The number of hydrogen-bond donors (Lipinski definition) is 2. The van der Waals surface area contributed by atoms with Gasteiger partial charge in [-0.2, -0.15) is 0 Å². The highest BCUT2D eigenvalue weighted by Gasteiger charge is 2.34. The largest absolute Gasteiger partial charge is 0.388 e. The molecule has 0 atom stereocenters. The Hall–Kier alpha value is -2.04. The number of amides is 1. The molecule has 150 valence electrons. The zero-order chi connectivity index (χ0) is 20.4. The molecule has 1 amide bonds. The quantitative estimate of drug-likeness (QED) is 0.780. The van der Waals surface area contributed by atoms with E-state index in [0.29, 0.717) is 43.1 Å². The topological polar surface area (TPSA) is 52.6 Å². The summed E-state index contributed by atoms with van der Waals surface area (Å²) in [4.78, 5) is 14.4. The van der Waals surface area contributed by atoms with Gasteiger partial charge in [0.05, 0.1) is 16.2 Å². The minimum Gasteiger partial charge on any atom is -0.388 e. The molecule has 3 rings (SSSR count). The fourth-order valence-electron chi connectivity index (χ4n) is 3.46. The lowest BCUT2D eigenvalue weighted by Gasteiger charge is -2.38. The molecule has 0 radical (unpaired) electrons. The minimum absolute atomic E-state index is 0.0709. The van der Waals surface area contributed by atoms with E-state index in [4.69, 9.17) is 11.6 Å². The molecular weight excluding hydrogens is 372 g/mol. The first kappa shape index (κ1) is 20.7. The number of benzene rings is 2. The predicted octanol–water partition coefficient (Wildman–Crippen LogP) is 4.72. The van der Waals surface area contributed by atoms with Gasteiger partial charge in [-0.1, -0.05) is 56.6 Å². The molecule has 0 spiro atoms. The van der Waals surface area contributed by atoms with Crippen molar-refractivity contribution in [3.8, 4) is 0 Å². The number of halogens is 1. The molecule has 0 unspecified atom stereocenters. The highest BCUT2D eigenvalue weighted by Crippen LogP contribution is 2.27. The number of anilines is 1. The Morgan fingerprint density at radius 1 is 1.11 bits per heavy atom. The molecule has 2 aromatic carbocycles. The molecule has 0 saturated carbocycles. The number of aliphatic hydroxyl groups is 1. The standard InChI is InChI=1S/C23H29ClN2O2/c1-22(2,3)17-8-10-18(11-9-17)25-16-23(28)12-14-26(15-13-23)21(27)19-6-4-5-7-20(19)24/h4-11,25,28H,12-16H2,1-3H3. The third-order valence-electron chi connectivity index (χ3n) is 5.46. The number of likely N-dealkylation sites (tertiary alicyclic amines) is 1. The summed E-state index contributed by atoms with van der Waals surface area (Å²) in [6.07, 6.45) is 1.08. The lowest BCUT2D eigenvalue weighted by molar-refractivity contribution is -0.00642. The van der Waals surface area contributed by atoms with E-state index in [-0.39, 0.29) is 11.3 Å². The first-order chi connectivity index (χ1) is 13.2. The van der Waals surface area contributed by atoms with Crippen molar-refractivity contribution in [3.63, 3.8) is 0 Å². The van der Waals surface area contributed by atoms with E-state index in [2.05, 4.69) is 50.4 Å². The van der Waals surface area contributed by atoms with Crippen LogP contribution in [0.3, 0.4) is 0 Å². The summed E-state index contributed by atoms with van der Waals surface area (Å²) in [6, 6.07) is 15.5. The van der Waals surface area contributed by atoms with Crippen LogP contribution >= 0.6 is 11.6 Å². The van der Waals surface area contributed by atoms with Crippen molar-refractivity contribution in [2.75, 3.05) is 25.0 Å². The van der Waals surface area contributed by atoms with Gasteiger partial charge in [-0.25, -0.2) is 0 Å². The van der Waals surface area contributed by atoms with Crippen LogP contribution in [-0.4, -0.2) is 41.1 Å². The second-order valence-electron chi connectivity index (χ2n) is 8.68. The Kier molecular flexibility index (Phi) is 6.01. The molecule has 0 bridgehead atoms. The van der Waals surface area contributed by atoms with Crippen molar-refractivity contribution in [1.29, 1.82) is 0 Å². The summed E-state index contributed by atoms with van der Waals surface area (Å²) in [6.45, 7) is 8.08. The van der Waals surface area contributed by atoms with Crippen LogP contribution in [-0.2, 0) is 5.41 Å². The number of carbonyl (C=O) groups is 1. The van der Waals surface area contributed by atoms with E-state index in [1.54, 1.807) is 17.0 Å². The Morgan fingerprint density at radius 3 is 2.29 bits per heavy atom. The SMILES string of the molecule is CC(C)(C)c1ccc(NCC2(O)CCN(C(=O)c3ccccc3Cl)CC2)cc1. The molecule has 0 aromatic heterocycles. The van der Waals surface area contributed by atoms with Crippen molar-refractivity contribution in [3.05, 3.63) is 64.7 Å². The molecule has 2 N–H and O–H groups in total. The first-order valence-corrected chi connectivity index (χ1v) is 10.2. The van der Waals surface area contributed by atoms with Gasteiger partial charge in [0, 0.05) is 25.3 Å². The van der Waals surface area contributed by atoms with Crippen LogP contribution < -0.4 is 5.32 Å². The highest BCUT2D eigenvalue weighted by atomic mass is 35.5. The first-order valence-electron chi connectivity index (χ1n) is 9.79. The molecule has 4 nitrogen and oxygen atoms in total. The maximum atomic E-state index is 12.7. The van der Waals surface area contributed by atoms with Crippen LogP contribution in [0.5, 0.6) is 0 Å². The molecule has 1 aliphatic rings. The van der Waals surface area contributed by atoms with Gasteiger partial charge in [-0.05, 0) is 48.1 Å². The second kappa shape index (κ2) is 8.14. The van der Waals surface area contributed by atoms with Crippen LogP contribution in [0.4, 0.5) is 5.69 Å². The van der Waals surface area contributed by atoms with E-state index in [0.717, 1.165) is 5.69 Å². The summed E-state index contributed by atoms with van der Waals surface area (Å²) in [5.74, 6) is -0.0709. The normalized spacial score (nSPS) is 16.7. The van der Waals surface area contributed by atoms with Gasteiger partial charge < -0.3 is 15.3 Å². The van der Waals surface area contributed by atoms with Crippen molar-refractivity contribution in [1.82, 2.24) is 4.90 Å². The highest BCUT2D eigenvalue weighted by molar-refractivity contribution is 6.33. The minimum atomic E-state index is -0.819. The molecule has 0 aliphatic carbocycles. The van der Waals surface area contributed by atoms with E-state index < -0.39 is 5.60 Å². The third-order valence-corrected chi connectivity index (χ3v) is 5.79. The second-order valence-corrected chi connectivity index (χ2v) is 9.08. The van der Waals surface area contributed by atoms with Crippen LogP contribution in [0.25, 0.3) is 0 Å². The summed E-state index contributed by atoms with van der Waals surface area (Å²) in [7, 11) is 0. The van der Waals surface area contributed by atoms with Crippen molar-refractivity contribution >= 4 is 23.2 Å². The smallest absolute Gasteiger partial charge is 0.255 e. The van der Waals surface area contributed by atoms with Crippen molar-refractivity contribution in [2.24, 2.45) is 0 Å². The maximum absolute atomic E-state index is 12.7. The lowest BCUT2D eigenvalue weighted by Crippen LogP contribution is -2.50. The summed E-state index contributed by atoms with van der Waals surface area (Å²) in [5, 5.41) is 14.7. The molecular formula is C23H29ClN2O2. The van der Waals surface area contributed by atoms with E-state index in [9.17, 15) is 9.90 Å². The maximum Gasteiger partial charge on any atom is 0.255 e. The number of rotatable bonds is 4. The molecule has 1 saturated heterocycles. The monoisotopic (exact) mass is 400 g/mol. The Balaban J connectivity index is 1.55. The molecule has 1 aliphatic heterocycles. The third kappa shape index (κ3) is 4.86. The molecule has 2 aromatic rings. The average Bonchev–Trinajstić information content (AvgIpc) is 2.67. The summed E-state index contributed by atoms with van der Waals surface area (Å²) >= 11 is 6.14. The molecule has 28 heavy (non-hydrogen) atoms. The van der Waals surface area contributed by atoms with Crippen molar-refractivity contribution < 1.29 is 9.90 Å². The van der Waals surface area contributed by atoms with Gasteiger partial charge in [-0.15, -0.1) is 0 Å². The van der Waals surface area contributed by atoms with Crippen LogP contribution in [0.2, 0.25) is 5.02 Å². The molecule has 1 fully saturated rings. The zero-order valence-electron chi connectivity index (χ0n) is 16.8. The predicted molar refractivity (Wildman–Crippen MR) is 115 cm³/mol. The Labute approximate surface area is 172 Å². The fraction of sp³-hybridized carbons (Fsp3) is 0.435. The van der Waals surface area contributed by atoms with E-state index >= 15 is 0 Å². The van der Waals surface area contributed by atoms with Gasteiger partial charge in [0.25, 0.3) is 5.91 Å². The fourth-order valence-corrected chi connectivity index (χ4v) is 3.68. The van der Waals surface area contributed by atoms with Gasteiger partial charge in [0.15, 0.2) is 0 Å². The average molecular weight is 401 g/mol. The van der Waals surface area contributed by atoms with Crippen LogP contribution in [0.1, 0.15) is 49.5 Å². The van der Waals surface area contributed by atoms with Crippen LogP contribution in [0.15, 0.2) is 48.5 Å². The Morgan fingerprint density at radius 2 is 1.71 bits per heavy atom. The molecule has 1 heterocycles. The Bertz CT molecular complexity index is 819. The van der Waals surface area contributed by atoms with Gasteiger partial charge >= 0.3 is 0 Å². The van der Waals surface area contributed by atoms with Gasteiger partial charge in [-0.3, -0.25) is 4.79 Å². The molecule has 5 heteroatoms. The van der Waals surface area contributed by atoms with Crippen molar-refractivity contribution in [2.45, 2.75) is 44.6 Å². The van der Waals surface area contributed by atoms with Gasteiger partial charge in [0.1, 0.15) is 0 Å². The number of nitrogens with one attached hydrogen (secondary N) is 1.